The van der Waals surface area contributed by atoms with Gasteiger partial charge in [-0.15, -0.1) is 0 Å². The van der Waals surface area contributed by atoms with Crippen LogP contribution in [0.15, 0.2) is 36.5 Å². The van der Waals surface area contributed by atoms with Crippen LogP contribution in [-0.2, 0) is 11.3 Å². The first-order valence-corrected chi connectivity index (χ1v) is 8.22. The highest BCUT2D eigenvalue weighted by atomic mass is 35.5. The van der Waals surface area contributed by atoms with Gasteiger partial charge in [-0.05, 0) is 12.5 Å². The zero-order valence-corrected chi connectivity index (χ0v) is 14.2. The third-order valence-electron chi connectivity index (χ3n) is 3.77. The Morgan fingerprint density at radius 2 is 2.21 bits per heavy atom. The first kappa shape index (κ1) is 16.7. The number of carbonyl (C=O) groups excluding carboxylic acids is 1. The molecule has 1 aliphatic rings. The quantitative estimate of drug-likeness (QED) is 0.921. The summed E-state index contributed by atoms with van der Waals surface area (Å²) in [5.74, 6) is 0.188. The second kappa shape index (κ2) is 7.59. The fraction of sp³-hybridized carbons (Fsp3) is 0.353. The van der Waals surface area contributed by atoms with E-state index in [9.17, 15) is 4.79 Å². The molecule has 1 aliphatic heterocycles. The second-order valence-electron chi connectivity index (χ2n) is 5.66. The number of halogens is 1. The van der Waals surface area contributed by atoms with Gasteiger partial charge >= 0.3 is 0 Å². The van der Waals surface area contributed by atoms with Gasteiger partial charge < -0.3 is 15.0 Å². The van der Waals surface area contributed by atoms with Crippen LogP contribution in [0.2, 0.25) is 5.02 Å². The van der Waals surface area contributed by atoms with Gasteiger partial charge in [0.1, 0.15) is 0 Å². The molecule has 0 saturated carbocycles. The summed E-state index contributed by atoms with van der Waals surface area (Å²) in [6.07, 6.45) is 1.47. The summed E-state index contributed by atoms with van der Waals surface area (Å²) in [4.78, 5) is 22.8. The zero-order valence-electron chi connectivity index (χ0n) is 13.4. The van der Waals surface area contributed by atoms with Crippen molar-refractivity contribution in [2.75, 3.05) is 25.0 Å². The Morgan fingerprint density at radius 3 is 2.96 bits per heavy atom. The molecule has 0 spiro atoms. The van der Waals surface area contributed by atoms with E-state index < -0.39 is 0 Å². The van der Waals surface area contributed by atoms with Gasteiger partial charge in [-0.25, -0.2) is 9.97 Å². The van der Waals surface area contributed by atoms with Gasteiger partial charge in [0.2, 0.25) is 5.95 Å². The van der Waals surface area contributed by atoms with E-state index in [2.05, 4.69) is 15.3 Å². The monoisotopic (exact) mass is 346 g/mol. The van der Waals surface area contributed by atoms with Crippen molar-refractivity contribution in [1.29, 1.82) is 0 Å². The molecule has 0 aliphatic carbocycles. The van der Waals surface area contributed by atoms with Gasteiger partial charge in [0.15, 0.2) is 5.69 Å². The molecule has 1 saturated heterocycles. The van der Waals surface area contributed by atoms with Crippen molar-refractivity contribution in [2.24, 2.45) is 0 Å². The molecular weight excluding hydrogens is 328 g/mol. The molecule has 3 rings (SSSR count). The molecule has 0 radical (unpaired) electrons. The first-order chi connectivity index (χ1) is 11.6. The van der Waals surface area contributed by atoms with E-state index >= 15 is 0 Å². The molecule has 24 heavy (non-hydrogen) atoms. The largest absolute Gasteiger partial charge is 0.375 e. The van der Waals surface area contributed by atoms with E-state index in [0.717, 1.165) is 5.56 Å². The van der Waals surface area contributed by atoms with Gasteiger partial charge in [0, 0.05) is 19.6 Å². The maximum atomic E-state index is 12.7. The van der Waals surface area contributed by atoms with Crippen molar-refractivity contribution in [2.45, 2.75) is 19.6 Å². The number of anilines is 1. The number of carbonyl (C=O) groups is 1. The normalized spacial score (nSPS) is 17.6. The lowest BCUT2D eigenvalue weighted by molar-refractivity contribution is -0.0126. The van der Waals surface area contributed by atoms with E-state index in [1.165, 1.54) is 6.20 Å². The predicted molar refractivity (Wildman–Crippen MR) is 92.1 cm³/mol. The molecule has 1 fully saturated rings. The van der Waals surface area contributed by atoms with Crippen LogP contribution >= 0.6 is 11.6 Å². The SMILES string of the molecule is C[C@@H]1CN(C(=O)c2nc(NCc3ccccc3)ncc2Cl)CCO1. The van der Waals surface area contributed by atoms with E-state index in [0.29, 0.717) is 32.2 Å². The summed E-state index contributed by atoms with van der Waals surface area (Å²) in [5, 5.41) is 3.37. The number of hydrogen-bond acceptors (Lipinski definition) is 5. The lowest BCUT2D eigenvalue weighted by Crippen LogP contribution is -2.44. The third kappa shape index (κ3) is 4.01. The Bertz CT molecular complexity index is 711. The van der Waals surface area contributed by atoms with E-state index in [4.69, 9.17) is 16.3 Å². The molecule has 0 bridgehead atoms. The molecule has 1 aromatic heterocycles. The topological polar surface area (TPSA) is 67.4 Å². The molecule has 1 atom stereocenters. The van der Waals surface area contributed by atoms with E-state index in [1.807, 2.05) is 37.3 Å². The van der Waals surface area contributed by atoms with Crippen molar-refractivity contribution in [3.8, 4) is 0 Å². The first-order valence-electron chi connectivity index (χ1n) is 7.84. The number of benzene rings is 1. The van der Waals surface area contributed by atoms with Crippen LogP contribution < -0.4 is 5.32 Å². The van der Waals surface area contributed by atoms with Crippen LogP contribution in [-0.4, -0.2) is 46.6 Å². The number of amides is 1. The zero-order chi connectivity index (χ0) is 16.9. The smallest absolute Gasteiger partial charge is 0.274 e. The average molecular weight is 347 g/mol. The highest BCUT2D eigenvalue weighted by molar-refractivity contribution is 6.33. The molecule has 7 heteroatoms. The average Bonchev–Trinajstić information content (AvgIpc) is 2.61. The number of rotatable bonds is 4. The summed E-state index contributed by atoms with van der Waals surface area (Å²) in [7, 11) is 0. The third-order valence-corrected chi connectivity index (χ3v) is 4.05. The minimum absolute atomic E-state index is 0.0130. The maximum absolute atomic E-state index is 12.7. The van der Waals surface area contributed by atoms with Gasteiger partial charge in [-0.1, -0.05) is 41.9 Å². The number of nitrogens with zero attached hydrogens (tertiary/aromatic N) is 3. The molecule has 2 heterocycles. The molecular formula is C17H19ClN4O2. The molecule has 126 valence electrons. The number of nitrogens with one attached hydrogen (secondary N) is 1. The standard InChI is InChI=1S/C17H19ClN4O2/c1-12-11-22(7-8-24-12)16(23)15-14(18)10-20-17(21-15)19-9-13-5-3-2-4-6-13/h2-6,10,12H,7-9,11H2,1H3,(H,19,20,21)/t12-/m1/s1. The lowest BCUT2D eigenvalue weighted by Gasteiger charge is -2.31. The van der Waals surface area contributed by atoms with E-state index in [1.54, 1.807) is 4.90 Å². The van der Waals surface area contributed by atoms with Crippen LogP contribution in [0.1, 0.15) is 23.0 Å². The van der Waals surface area contributed by atoms with Crippen LogP contribution in [0, 0.1) is 0 Å². The summed E-state index contributed by atoms with van der Waals surface area (Å²) in [5.41, 5.74) is 1.32. The maximum Gasteiger partial charge on any atom is 0.274 e. The predicted octanol–water partition coefficient (Wildman–Crippen LogP) is 2.60. The lowest BCUT2D eigenvalue weighted by atomic mass is 10.2. The molecule has 6 nitrogen and oxygen atoms in total. The molecule has 1 N–H and O–H groups in total. The molecule has 1 amide bonds. The fourth-order valence-corrected chi connectivity index (χ4v) is 2.70. The number of aromatic nitrogens is 2. The molecule has 2 aromatic rings. The van der Waals surface area contributed by atoms with Crippen LogP contribution in [0.4, 0.5) is 5.95 Å². The minimum Gasteiger partial charge on any atom is -0.375 e. The van der Waals surface area contributed by atoms with Crippen molar-refractivity contribution >= 4 is 23.5 Å². The van der Waals surface area contributed by atoms with Gasteiger partial charge in [-0.3, -0.25) is 4.79 Å². The van der Waals surface area contributed by atoms with Crippen LogP contribution in [0.5, 0.6) is 0 Å². The van der Waals surface area contributed by atoms with Crippen molar-refractivity contribution in [1.82, 2.24) is 14.9 Å². The van der Waals surface area contributed by atoms with Crippen LogP contribution in [0.3, 0.4) is 0 Å². The van der Waals surface area contributed by atoms with Gasteiger partial charge in [-0.2, -0.15) is 0 Å². The fourth-order valence-electron chi connectivity index (χ4n) is 2.53. The molecule has 1 aromatic carbocycles. The van der Waals surface area contributed by atoms with Crippen molar-refractivity contribution in [3.63, 3.8) is 0 Å². The van der Waals surface area contributed by atoms with Crippen LogP contribution in [0.25, 0.3) is 0 Å². The number of ether oxygens (including phenoxy) is 1. The summed E-state index contributed by atoms with van der Waals surface area (Å²) in [6, 6.07) is 9.90. The Hall–Kier alpha value is -2.18. The highest BCUT2D eigenvalue weighted by Gasteiger charge is 2.25. The number of morpholine rings is 1. The molecule has 0 unspecified atom stereocenters. The Balaban J connectivity index is 1.72. The minimum atomic E-state index is -0.194. The number of hydrogen-bond donors (Lipinski definition) is 1. The summed E-state index contributed by atoms with van der Waals surface area (Å²) in [6.45, 7) is 4.11. The van der Waals surface area contributed by atoms with Crippen molar-refractivity contribution < 1.29 is 9.53 Å². The van der Waals surface area contributed by atoms with Gasteiger partial charge in [0.25, 0.3) is 5.91 Å². The van der Waals surface area contributed by atoms with Crippen molar-refractivity contribution in [3.05, 3.63) is 52.8 Å². The van der Waals surface area contributed by atoms with Gasteiger partial charge in [0.05, 0.1) is 23.9 Å². The Morgan fingerprint density at radius 1 is 1.42 bits per heavy atom. The summed E-state index contributed by atoms with van der Waals surface area (Å²) >= 11 is 6.13. The summed E-state index contributed by atoms with van der Waals surface area (Å²) < 4.78 is 5.46. The Kier molecular flexibility index (Phi) is 5.27. The second-order valence-corrected chi connectivity index (χ2v) is 6.07. The highest BCUT2D eigenvalue weighted by Crippen LogP contribution is 2.18. The van der Waals surface area contributed by atoms with E-state index in [-0.39, 0.29) is 22.7 Å². The Labute approximate surface area is 145 Å².